The van der Waals surface area contributed by atoms with Crippen LogP contribution in [0.1, 0.15) is 48.0 Å². The van der Waals surface area contributed by atoms with Gasteiger partial charge in [0.05, 0.1) is 20.2 Å². The van der Waals surface area contributed by atoms with Gasteiger partial charge in [0.25, 0.3) is 0 Å². The minimum atomic E-state index is -0.954. The second-order valence-electron chi connectivity index (χ2n) is 8.91. The number of hydrogen-bond donors (Lipinski definition) is 5. The first-order valence-corrected chi connectivity index (χ1v) is 10.8. The molecule has 0 fully saturated rings. The van der Waals surface area contributed by atoms with Crippen molar-refractivity contribution in [2.45, 2.75) is 65.6 Å². The fourth-order valence-corrected chi connectivity index (χ4v) is 2.43. The lowest BCUT2D eigenvalue weighted by atomic mass is 10.0. The molecule has 0 heterocycles. The van der Waals surface area contributed by atoms with Gasteiger partial charge in [0.1, 0.15) is 24.2 Å². The highest BCUT2D eigenvalue weighted by molar-refractivity contribution is 5.92. The van der Waals surface area contributed by atoms with Gasteiger partial charge < -0.3 is 36.1 Å². The van der Waals surface area contributed by atoms with Gasteiger partial charge in [0.2, 0.25) is 23.6 Å². The highest BCUT2D eigenvalue weighted by Crippen LogP contribution is 2.09. The van der Waals surface area contributed by atoms with Crippen molar-refractivity contribution < 1.29 is 38.2 Å². The molecular weight excluding hydrogens is 450 g/mol. The van der Waals surface area contributed by atoms with Crippen molar-refractivity contribution >= 4 is 35.7 Å². The lowest BCUT2D eigenvalue weighted by Gasteiger charge is -2.24. The topological polar surface area (TPSA) is 181 Å². The summed E-state index contributed by atoms with van der Waals surface area (Å²) in [5, 5.41) is 11.9. The zero-order valence-electron chi connectivity index (χ0n) is 20.8. The van der Waals surface area contributed by atoms with Gasteiger partial charge in [-0.1, -0.05) is 13.8 Å². The van der Waals surface area contributed by atoms with E-state index in [9.17, 15) is 28.8 Å². The average molecular weight is 488 g/mol. The molecule has 2 atom stereocenters. The highest BCUT2D eigenvalue weighted by atomic mass is 16.6. The van der Waals surface area contributed by atoms with E-state index in [1.54, 1.807) is 20.8 Å². The maximum atomic E-state index is 12.5. The molecule has 0 spiro atoms. The largest absolute Gasteiger partial charge is 0.468 e. The quantitative estimate of drug-likeness (QED) is 0.216. The summed E-state index contributed by atoms with van der Waals surface area (Å²) in [6.07, 6.45) is -0.426. The van der Waals surface area contributed by atoms with Crippen molar-refractivity contribution in [3.8, 4) is 0 Å². The zero-order valence-corrected chi connectivity index (χ0v) is 20.8. The molecule has 0 rings (SSSR count). The Morgan fingerprint density at radius 1 is 0.765 bits per heavy atom. The predicted molar refractivity (Wildman–Crippen MR) is 121 cm³/mol. The minimum Gasteiger partial charge on any atom is -0.468 e. The zero-order chi connectivity index (χ0) is 26.5. The van der Waals surface area contributed by atoms with E-state index in [1.165, 1.54) is 14.0 Å². The van der Waals surface area contributed by atoms with Crippen LogP contribution in [0.5, 0.6) is 0 Å². The molecule has 0 aliphatic rings. The Morgan fingerprint density at radius 2 is 1.32 bits per heavy atom. The summed E-state index contributed by atoms with van der Waals surface area (Å²) < 4.78 is 9.56. The number of methoxy groups -OCH3 is 1. The van der Waals surface area contributed by atoms with Gasteiger partial charge in [-0.3, -0.25) is 24.0 Å². The molecule has 0 radical (unpaired) electrons. The van der Waals surface area contributed by atoms with E-state index in [0.717, 1.165) is 0 Å². The van der Waals surface area contributed by atoms with Crippen LogP contribution in [-0.2, 0) is 33.4 Å². The molecule has 0 bridgehead atoms. The second kappa shape index (κ2) is 14.7. The van der Waals surface area contributed by atoms with E-state index in [2.05, 4.69) is 31.3 Å². The van der Waals surface area contributed by atoms with Crippen LogP contribution < -0.4 is 26.6 Å². The Labute approximate surface area is 199 Å². The van der Waals surface area contributed by atoms with E-state index in [-0.39, 0.29) is 12.5 Å². The van der Waals surface area contributed by atoms with Crippen LogP contribution in [0.3, 0.4) is 0 Å². The maximum Gasteiger partial charge on any atom is 0.408 e. The van der Waals surface area contributed by atoms with Crippen molar-refractivity contribution in [3.63, 3.8) is 0 Å². The summed E-state index contributed by atoms with van der Waals surface area (Å²) in [5.41, 5.74) is -0.733. The normalized spacial score (nSPS) is 12.6. The molecule has 0 saturated carbocycles. The van der Waals surface area contributed by atoms with Crippen LogP contribution in [0.2, 0.25) is 0 Å². The van der Waals surface area contributed by atoms with Crippen LogP contribution >= 0.6 is 0 Å². The number of carbonyl (C=O) groups is 6. The summed E-state index contributed by atoms with van der Waals surface area (Å²) in [6, 6.07) is -1.86. The molecule has 5 N–H and O–H groups in total. The van der Waals surface area contributed by atoms with Gasteiger partial charge in [0.15, 0.2) is 0 Å². The molecule has 2 unspecified atom stereocenters. The summed E-state index contributed by atoms with van der Waals surface area (Å²) in [4.78, 5) is 71.2. The standard InChI is InChI=1S/C21H37N5O8/c1-12(2)8-14(26-20(32)34-21(4,5)6)19(31)23-9-15(27)22-10-16(28)25-13(3)18(30)24-11-17(29)33-7/h12-14H,8-11H2,1-7H3,(H,22,27)(H,23,31)(H,24,30)(H,25,28)(H,26,32). The van der Waals surface area contributed by atoms with E-state index in [4.69, 9.17) is 4.74 Å². The van der Waals surface area contributed by atoms with Crippen LogP contribution in [0.4, 0.5) is 4.79 Å². The van der Waals surface area contributed by atoms with Crippen molar-refractivity contribution in [1.82, 2.24) is 26.6 Å². The van der Waals surface area contributed by atoms with Gasteiger partial charge in [-0.25, -0.2) is 4.79 Å². The Bertz CT molecular complexity index is 748. The fraction of sp³-hybridized carbons (Fsp3) is 0.714. The monoisotopic (exact) mass is 487 g/mol. The van der Waals surface area contributed by atoms with E-state index >= 15 is 0 Å². The van der Waals surface area contributed by atoms with E-state index in [1.807, 2.05) is 13.8 Å². The van der Waals surface area contributed by atoms with Gasteiger partial charge in [-0.05, 0) is 40.0 Å². The maximum absolute atomic E-state index is 12.5. The number of carbonyl (C=O) groups excluding carboxylic acids is 6. The molecule has 194 valence electrons. The van der Waals surface area contributed by atoms with Crippen molar-refractivity contribution in [1.29, 1.82) is 0 Å². The van der Waals surface area contributed by atoms with Crippen molar-refractivity contribution in [3.05, 3.63) is 0 Å². The molecule has 0 saturated heterocycles. The number of nitrogens with one attached hydrogen (secondary N) is 5. The summed E-state index contributed by atoms with van der Waals surface area (Å²) in [7, 11) is 1.17. The van der Waals surface area contributed by atoms with Crippen LogP contribution in [-0.4, -0.2) is 80.1 Å². The fourth-order valence-electron chi connectivity index (χ4n) is 2.43. The number of rotatable bonds is 12. The van der Waals surface area contributed by atoms with Crippen molar-refractivity contribution in [2.24, 2.45) is 5.92 Å². The summed E-state index contributed by atoms with van der Waals surface area (Å²) >= 11 is 0. The Kier molecular flexibility index (Phi) is 13.2. The number of alkyl carbamates (subject to hydrolysis) is 1. The summed E-state index contributed by atoms with van der Waals surface area (Å²) in [5.74, 6) is -3.04. The van der Waals surface area contributed by atoms with Crippen molar-refractivity contribution in [2.75, 3.05) is 26.7 Å². The Morgan fingerprint density at radius 3 is 1.85 bits per heavy atom. The number of ether oxygens (including phenoxy) is 2. The molecule has 0 aromatic heterocycles. The third-order valence-electron chi connectivity index (χ3n) is 3.99. The predicted octanol–water partition coefficient (Wildman–Crippen LogP) is -1.05. The lowest BCUT2D eigenvalue weighted by Crippen LogP contribution is -2.51. The SMILES string of the molecule is COC(=O)CNC(=O)C(C)NC(=O)CNC(=O)CNC(=O)C(CC(C)C)NC(=O)OC(C)(C)C. The molecule has 0 aromatic carbocycles. The second-order valence-corrected chi connectivity index (χ2v) is 8.91. The minimum absolute atomic E-state index is 0.0787. The Balaban J connectivity index is 4.52. The Hall–Kier alpha value is -3.38. The van der Waals surface area contributed by atoms with Crippen LogP contribution in [0, 0.1) is 5.92 Å². The van der Waals surface area contributed by atoms with E-state index in [0.29, 0.717) is 6.42 Å². The van der Waals surface area contributed by atoms with Gasteiger partial charge in [0, 0.05) is 0 Å². The average Bonchev–Trinajstić information content (AvgIpc) is 2.71. The first kappa shape index (κ1) is 30.6. The molecule has 0 aromatic rings. The number of esters is 1. The van der Waals surface area contributed by atoms with Gasteiger partial charge in [-0.15, -0.1) is 0 Å². The van der Waals surface area contributed by atoms with Crippen LogP contribution in [0.15, 0.2) is 0 Å². The molecular formula is C21H37N5O8. The highest BCUT2D eigenvalue weighted by Gasteiger charge is 2.25. The molecule has 0 aliphatic carbocycles. The number of hydrogen-bond acceptors (Lipinski definition) is 8. The third-order valence-corrected chi connectivity index (χ3v) is 3.99. The molecule has 34 heavy (non-hydrogen) atoms. The van der Waals surface area contributed by atoms with Gasteiger partial charge in [-0.2, -0.15) is 0 Å². The van der Waals surface area contributed by atoms with Gasteiger partial charge >= 0.3 is 12.1 Å². The molecule has 13 heteroatoms. The molecule has 13 nitrogen and oxygen atoms in total. The molecule has 0 aliphatic heterocycles. The summed E-state index contributed by atoms with van der Waals surface area (Å²) in [6.45, 7) is 9.03. The molecule has 5 amide bonds. The first-order valence-electron chi connectivity index (χ1n) is 10.8. The lowest BCUT2D eigenvalue weighted by molar-refractivity contribution is -0.141. The number of amides is 5. The van der Waals surface area contributed by atoms with Crippen LogP contribution in [0.25, 0.3) is 0 Å². The first-order chi connectivity index (χ1) is 15.6. The smallest absolute Gasteiger partial charge is 0.408 e. The van der Waals surface area contributed by atoms with E-state index < -0.39 is 66.5 Å². The third kappa shape index (κ3) is 14.6.